The minimum absolute atomic E-state index is 0.0422. The highest BCUT2D eigenvalue weighted by molar-refractivity contribution is 7.89. The van der Waals surface area contributed by atoms with Crippen LogP contribution in [0.2, 0.25) is 0 Å². The Labute approximate surface area is 172 Å². The Hall–Kier alpha value is -2.13. The normalized spacial score (nSPS) is 24.2. The van der Waals surface area contributed by atoms with Crippen molar-refractivity contribution in [2.75, 3.05) is 26.2 Å². The van der Waals surface area contributed by atoms with Crippen LogP contribution in [0.5, 0.6) is 0 Å². The number of nitrogens with zero attached hydrogens (tertiary/aromatic N) is 3. The van der Waals surface area contributed by atoms with Crippen LogP contribution in [0.25, 0.3) is 0 Å². The molecule has 29 heavy (non-hydrogen) atoms. The Morgan fingerprint density at radius 3 is 2.24 bits per heavy atom. The van der Waals surface area contributed by atoms with Gasteiger partial charge in [-0.05, 0) is 31.2 Å². The molecule has 1 aliphatic heterocycles. The van der Waals surface area contributed by atoms with E-state index in [2.05, 4.69) is 19.9 Å². The van der Waals surface area contributed by atoms with E-state index in [1.54, 1.807) is 11.9 Å². The number of nitrogens with two attached hydrogens (primary N) is 1. The van der Waals surface area contributed by atoms with E-state index in [0.29, 0.717) is 13.1 Å². The number of carbonyl (C=O) groups is 2. The molecule has 3 rings (SSSR count). The van der Waals surface area contributed by atoms with E-state index in [-0.39, 0.29) is 46.8 Å². The molecular weight excluding hydrogens is 392 g/mol. The summed E-state index contributed by atoms with van der Waals surface area (Å²) in [5.41, 5.74) is 6.56. The molecule has 9 heteroatoms. The number of amides is 2. The van der Waals surface area contributed by atoms with Gasteiger partial charge >= 0.3 is 0 Å². The lowest BCUT2D eigenvalue weighted by atomic mass is 10.1. The Morgan fingerprint density at radius 2 is 1.76 bits per heavy atom. The summed E-state index contributed by atoms with van der Waals surface area (Å²) in [7, 11) is -2.16. The first-order valence-corrected chi connectivity index (χ1v) is 11.2. The van der Waals surface area contributed by atoms with Gasteiger partial charge in [0.25, 0.3) is 5.91 Å². The Bertz CT molecular complexity index is 965. The minimum Gasteiger partial charge on any atom is -0.364 e. The van der Waals surface area contributed by atoms with E-state index < -0.39 is 15.9 Å². The molecule has 2 fully saturated rings. The highest BCUT2D eigenvalue weighted by atomic mass is 32.2. The second kappa shape index (κ2) is 7.28. The molecular formula is C20H30N4O4S. The molecule has 2 unspecified atom stereocenters. The van der Waals surface area contributed by atoms with E-state index in [4.69, 9.17) is 5.73 Å². The first kappa shape index (κ1) is 21.6. The second-order valence-corrected chi connectivity index (χ2v) is 10.8. The largest absolute Gasteiger partial charge is 0.364 e. The van der Waals surface area contributed by atoms with Crippen molar-refractivity contribution in [3.8, 4) is 0 Å². The van der Waals surface area contributed by atoms with E-state index in [9.17, 15) is 18.0 Å². The van der Waals surface area contributed by atoms with Gasteiger partial charge in [0, 0.05) is 39.4 Å². The lowest BCUT2D eigenvalue weighted by Crippen LogP contribution is -2.51. The maximum atomic E-state index is 13.0. The van der Waals surface area contributed by atoms with Gasteiger partial charge in [-0.15, -0.1) is 0 Å². The number of sulfonamides is 1. The fourth-order valence-corrected chi connectivity index (χ4v) is 5.73. The summed E-state index contributed by atoms with van der Waals surface area (Å²) in [6.45, 7) is 9.46. The molecule has 1 saturated heterocycles. The van der Waals surface area contributed by atoms with Gasteiger partial charge in [0.2, 0.25) is 15.9 Å². The Kier molecular flexibility index (Phi) is 5.42. The summed E-state index contributed by atoms with van der Waals surface area (Å²) in [6, 6.07) is 1.30. The molecule has 1 aromatic rings. The van der Waals surface area contributed by atoms with E-state index in [1.807, 2.05) is 13.8 Å². The maximum Gasteiger partial charge on any atom is 0.265 e. The molecule has 1 aromatic heterocycles. The SMILES string of the molecule is CC(C)=CC1C(C(=O)N2CCN(S(=O)(=O)c3cc(C(N)=O)n(C)c3)CC2)C1(C)C. The molecule has 2 N–H and O–H groups in total. The van der Waals surface area contributed by atoms with Gasteiger partial charge in [-0.2, -0.15) is 4.31 Å². The fourth-order valence-electron chi connectivity index (χ4n) is 4.23. The average molecular weight is 423 g/mol. The number of primary amides is 1. The van der Waals surface area contributed by atoms with Crippen molar-refractivity contribution in [3.63, 3.8) is 0 Å². The molecule has 1 aliphatic carbocycles. The van der Waals surface area contributed by atoms with E-state index >= 15 is 0 Å². The van der Waals surface area contributed by atoms with Crippen LogP contribution in [0, 0.1) is 17.3 Å². The van der Waals surface area contributed by atoms with Gasteiger partial charge in [0.1, 0.15) is 10.6 Å². The van der Waals surface area contributed by atoms with Crippen molar-refractivity contribution >= 4 is 21.8 Å². The van der Waals surface area contributed by atoms with Gasteiger partial charge < -0.3 is 15.2 Å². The third-order valence-corrected chi connectivity index (χ3v) is 7.97. The number of aromatic nitrogens is 1. The van der Waals surface area contributed by atoms with Crippen LogP contribution in [-0.4, -0.2) is 60.2 Å². The van der Waals surface area contributed by atoms with Crippen LogP contribution < -0.4 is 5.73 Å². The number of allylic oxidation sites excluding steroid dienone is 2. The molecule has 2 atom stereocenters. The zero-order valence-electron chi connectivity index (χ0n) is 17.7. The predicted octanol–water partition coefficient (Wildman–Crippen LogP) is 1.20. The minimum atomic E-state index is -3.74. The first-order chi connectivity index (χ1) is 13.4. The van der Waals surface area contributed by atoms with Gasteiger partial charge in [-0.1, -0.05) is 25.5 Å². The first-order valence-electron chi connectivity index (χ1n) is 9.77. The summed E-state index contributed by atoms with van der Waals surface area (Å²) in [4.78, 5) is 26.2. The van der Waals surface area contributed by atoms with Gasteiger partial charge in [0.15, 0.2) is 0 Å². The molecule has 0 radical (unpaired) electrons. The van der Waals surface area contributed by atoms with E-state index in [0.717, 1.165) is 0 Å². The molecule has 8 nitrogen and oxygen atoms in total. The lowest BCUT2D eigenvalue weighted by Gasteiger charge is -2.34. The van der Waals surface area contributed by atoms with Crippen LogP contribution in [-0.2, 0) is 21.9 Å². The van der Waals surface area contributed by atoms with Crippen molar-refractivity contribution in [3.05, 3.63) is 29.6 Å². The van der Waals surface area contributed by atoms with Crippen LogP contribution in [0.15, 0.2) is 28.8 Å². The summed E-state index contributed by atoms with van der Waals surface area (Å²) < 4.78 is 28.6. The third kappa shape index (κ3) is 3.85. The average Bonchev–Trinajstić information content (AvgIpc) is 2.96. The number of piperazine rings is 1. The van der Waals surface area contributed by atoms with Crippen LogP contribution in [0.1, 0.15) is 38.2 Å². The highest BCUT2D eigenvalue weighted by Gasteiger charge is 2.61. The van der Waals surface area contributed by atoms with Crippen LogP contribution in [0.3, 0.4) is 0 Å². The summed E-state index contributed by atoms with van der Waals surface area (Å²) >= 11 is 0. The Balaban J connectivity index is 1.68. The molecule has 0 spiro atoms. The summed E-state index contributed by atoms with van der Waals surface area (Å²) in [5, 5.41) is 0. The zero-order valence-corrected chi connectivity index (χ0v) is 18.5. The second-order valence-electron chi connectivity index (χ2n) is 8.83. The summed E-state index contributed by atoms with van der Waals surface area (Å²) in [5.74, 6) is -0.390. The van der Waals surface area contributed by atoms with Gasteiger partial charge in [-0.3, -0.25) is 9.59 Å². The molecule has 2 aliphatic rings. The van der Waals surface area contributed by atoms with Gasteiger partial charge in [-0.25, -0.2) is 8.42 Å². The molecule has 0 bridgehead atoms. The monoisotopic (exact) mass is 422 g/mol. The van der Waals surface area contributed by atoms with E-state index in [1.165, 1.54) is 26.7 Å². The molecule has 2 amide bonds. The fraction of sp³-hybridized carbons (Fsp3) is 0.600. The van der Waals surface area contributed by atoms with Crippen molar-refractivity contribution in [2.24, 2.45) is 30.0 Å². The highest BCUT2D eigenvalue weighted by Crippen LogP contribution is 2.60. The number of aryl methyl sites for hydroxylation is 1. The van der Waals surface area contributed by atoms with Crippen molar-refractivity contribution in [1.29, 1.82) is 0 Å². The maximum absolute atomic E-state index is 13.0. The number of hydrogen-bond donors (Lipinski definition) is 1. The zero-order chi connectivity index (χ0) is 21.7. The summed E-state index contributed by atoms with van der Waals surface area (Å²) in [6.07, 6.45) is 3.55. The van der Waals surface area contributed by atoms with Crippen molar-refractivity contribution < 1.29 is 18.0 Å². The predicted molar refractivity (Wildman–Crippen MR) is 109 cm³/mol. The smallest absolute Gasteiger partial charge is 0.265 e. The topological polar surface area (TPSA) is 106 Å². The standard InChI is InChI=1S/C20H30N4O4S/c1-13(2)10-15-17(20(15,3)4)19(26)23-6-8-24(9-7-23)29(27,28)14-11-16(18(21)25)22(5)12-14/h10-12,15,17H,6-9H2,1-5H3,(H2,21,25). The van der Waals surface area contributed by atoms with Gasteiger partial charge in [0.05, 0.1) is 5.92 Å². The Morgan fingerprint density at radius 1 is 1.17 bits per heavy atom. The lowest BCUT2D eigenvalue weighted by molar-refractivity contribution is -0.134. The number of hydrogen-bond acceptors (Lipinski definition) is 4. The number of rotatable bonds is 5. The quantitative estimate of drug-likeness (QED) is 0.720. The molecule has 1 saturated carbocycles. The van der Waals surface area contributed by atoms with Crippen LogP contribution >= 0.6 is 0 Å². The van der Waals surface area contributed by atoms with Crippen molar-refractivity contribution in [2.45, 2.75) is 32.6 Å². The molecule has 160 valence electrons. The third-order valence-electron chi connectivity index (χ3n) is 6.11. The van der Waals surface area contributed by atoms with Crippen LogP contribution in [0.4, 0.5) is 0 Å². The number of carbonyl (C=O) groups excluding carboxylic acids is 2. The molecule has 0 aromatic carbocycles. The molecule has 2 heterocycles. The van der Waals surface area contributed by atoms with Crippen molar-refractivity contribution in [1.82, 2.24) is 13.8 Å².